The summed E-state index contributed by atoms with van der Waals surface area (Å²) in [6.45, 7) is 3.80. The summed E-state index contributed by atoms with van der Waals surface area (Å²) in [5.74, 6) is -0.327. The van der Waals surface area contributed by atoms with Gasteiger partial charge < -0.3 is 0 Å². The van der Waals surface area contributed by atoms with Crippen LogP contribution in [0.15, 0.2) is 47.6 Å². The second kappa shape index (κ2) is 9.86. The molecule has 5 rings (SSSR count). The molecule has 10 nitrogen and oxygen atoms in total. The first-order valence-electron chi connectivity index (χ1n) is 12.4. The van der Waals surface area contributed by atoms with Crippen molar-refractivity contribution in [3.63, 3.8) is 0 Å². The van der Waals surface area contributed by atoms with Crippen molar-refractivity contribution >= 4 is 36.9 Å². The molecule has 1 aliphatic carbocycles. The third-order valence-electron chi connectivity index (χ3n) is 7.07. The first-order valence-corrected chi connectivity index (χ1v) is 15.4. The molecule has 0 radical (unpaired) electrons. The topological polar surface area (TPSA) is 128 Å². The molecule has 1 saturated carbocycles. The average molecular weight is 585 g/mol. The summed E-state index contributed by atoms with van der Waals surface area (Å²) < 4.78 is 94.2. The molecule has 3 aromatic heterocycles. The highest BCUT2D eigenvalue weighted by Gasteiger charge is 2.38. The van der Waals surface area contributed by atoms with E-state index in [1.54, 1.807) is 22.6 Å². The van der Waals surface area contributed by atoms with Crippen LogP contribution in [-0.4, -0.2) is 58.4 Å². The van der Waals surface area contributed by atoms with Gasteiger partial charge in [0.2, 0.25) is 10.0 Å². The molecule has 1 aromatic carbocycles. The number of aryl methyl sites for hydroxylation is 1. The Labute approximate surface area is 223 Å². The number of sulfonamides is 1. The first-order chi connectivity index (χ1) is 18.2. The SMILES string of the molecule is Cc1ccc(S(=O)(=O)n2ccc3c2ncc2nnc([C@H]4C[C@@H](NS(=O)(=O)CCCC(F)(F)F)C[C@H]4C)n23)cc1. The smallest absolute Gasteiger partial charge is 0.274 e. The van der Waals surface area contributed by atoms with Gasteiger partial charge in [0.25, 0.3) is 10.0 Å². The number of nitrogens with one attached hydrogen (secondary N) is 1. The fraction of sp³-hybridized carbons (Fsp3) is 0.458. The van der Waals surface area contributed by atoms with Crippen LogP contribution in [0.4, 0.5) is 13.2 Å². The van der Waals surface area contributed by atoms with Gasteiger partial charge in [0, 0.05) is 24.6 Å². The first kappa shape index (κ1) is 27.5. The molecular formula is C24H27F3N6O4S2. The summed E-state index contributed by atoms with van der Waals surface area (Å²) in [6, 6.07) is 7.63. The highest BCUT2D eigenvalue weighted by molar-refractivity contribution is 7.90. The molecule has 15 heteroatoms. The minimum absolute atomic E-state index is 0.0260. The van der Waals surface area contributed by atoms with Crippen LogP contribution in [0.5, 0.6) is 0 Å². The second-order valence-corrected chi connectivity index (χ2v) is 13.7. The fourth-order valence-corrected chi connectivity index (χ4v) is 7.83. The van der Waals surface area contributed by atoms with Gasteiger partial charge >= 0.3 is 6.18 Å². The van der Waals surface area contributed by atoms with Gasteiger partial charge in [-0.1, -0.05) is 24.6 Å². The van der Waals surface area contributed by atoms with Crippen LogP contribution < -0.4 is 4.72 Å². The molecule has 210 valence electrons. The molecule has 0 saturated heterocycles. The number of fused-ring (bicyclic) bond motifs is 3. The molecule has 0 unspecified atom stereocenters. The molecule has 1 fully saturated rings. The standard InChI is InChI=1S/C24H27F3N6O4S2/c1-15-4-6-18(7-5-15)39(36,37)32-10-8-20-23(32)28-14-21-29-30-22(33(20)21)19-13-17(12-16(19)2)31-38(34,35)11-3-9-24(25,26)27/h4-8,10,14,16-17,19,31H,3,9,11-13H2,1-2H3/t16-,17+,19+/m1/s1. The number of rotatable bonds is 8. The number of aromatic nitrogens is 5. The van der Waals surface area contributed by atoms with Gasteiger partial charge in [0.15, 0.2) is 11.3 Å². The number of alkyl halides is 3. The monoisotopic (exact) mass is 584 g/mol. The normalized spacial score (nSPS) is 20.8. The highest BCUT2D eigenvalue weighted by Crippen LogP contribution is 2.40. The zero-order chi connectivity index (χ0) is 28.2. The van der Waals surface area contributed by atoms with Gasteiger partial charge in [-0.3, -0.25) is 4.40 Å². The van der Waals surface area contributed by atoms with Crippen LogP contribution >= 0.6 is 0 Å². The Morgan fingerprint density at radius 1 is 1.05 bits per heavy atom. The molecule has 0 aliphatic heterocycles. The van der Waals surface area contributed by atoms with E-state index in [4.69, 9.17) is 0 Å². The predicted octanol–water partition coefficient (Wildman–Crippen LogP) is 3.77. The van der Waals surface area contributed by atoms with E-state index in [0.29, 0.717) is 29.8 Å². The molecule has 4 aromatic rings. The third-order valence-corrected chi connectivity index (χ3v) is 10.3. The maximum atomic E-state index is 13.3. The molecule has 1 aliphatic rings. The summed E-state index contributed by atoms with van der Waals surface area (Å²) in [6.07, 6.45) is -2.39. The average Bonchev–Trinajstić information content (AvgIpc) is 3.54. The minimum Gasteiger partial charge on any atom is -0.274 e. The summed E-state index contributed by atoms with van der Waals surface area (Å²) in [5.41, 5.74) is 2.00. The van der Waals surface area contributed by atoms with Gasteiger partial charge in [-0.2, -0.15) is 13.2 Å². The molecule has 0 spiro atoms. The lowest BCUT2D eigenvalue weighted by Gasteiger charge is -2.14. The Balaban J connectivity index is 1.43. The quantitative estimate of drug-likeness (QED) is 0.334. The number of hydrogen-bond donors (Lipinski definition) is 1. The van der Waals surface area contributed by atoms with Crippen LogP contribution in [0.2, 0.25) is 0 Å². The van der Waals surface area contributed by atoms with Crippen molar-refractivity contribution < 1.29 is 30.0 Å². The van der Waals surface area contributed by atoms with Crippen molar-refractivity contribution in [1.29, 1.82) is 0 Å². The van der Waals surface area contributed by atoms with Crippen LogP contribution in [0.25, 0.3) is 16.8 Å². The zero-order valence-corrected chi connectivity index (χ0v) is 22.8. The molecule has 0 amide bonds. The van der Waals surface area contributed by atoms with E-state index < -0.39 is 50.9 Å². The largest absolute Gasteiger partial charge is 0.389 e. The van der Waals surface area contributed by atoms with E-state index in [9.17, 15) is 30.0 Å². The Morgan fingerprint density at radius 3 is 2.46 bits per heavy atom. The highest BCUT2D eigenvalue weighted by atomic mass is 32.2. The lowest BCUT2D eigenvalue weighted by molar-refractivity contribution is -0.134. The van der Waals surface area contributed by atoms with Crippen molar-refractivity contribution in [2.75, 3.05) is 5.75 Å². The predicted molar refractivity (Wildman–Crippen MR) is 137 cm³/mol. The summed E-state index contributed by atoms with van der Waals surface area (Å²) >= 11 is 0. The van der Waals surface area contributed by atoms with Crippen LogP contribution in [0, 0.1) is 12.8 Å². The maximum absolute atomic E-state index is 13.3. The second-order valence-electron chi connectivity index (χ2n) is 10.1. The summed E-state index contributed by atoms with van der Waals surface area (Å²) in [4.78, 5) is 4.45. The van der Waals surface area contributed by atoms with Crippen molar-refractivity contribution in [2.24, 2.45) is 5.92 Å². The van der Waals surface area contributed by atoms with E-state index in [1.807, 2.05) is 13.8 Å². The Hall–Kier alpha value is -3.04. The molecule has 3 heterocycles. The Bertz CT molecular complexity index is 1730. The lowest BCUT2D eigenvalue weighted by atomic mass is 9.97. The van der Waals surface area contributed by atoms with E-state index >= 15 is 0 Å². The number of benzene rings is 1. The molecule has 3 atom stereocenters. The van der Waals surface area contributed by atoms with E-state index in [1.165, 1.54) is 24.5 Å². The summed E-state index contributed by atoms with van der Waals surface area (Å²) in [5, 5.41) is 8.53. The van der Waals surface area contributed by atoms with E-state index in [2.05, 4.69) is 19.9 Å². The molecule has 1 N–H and O–H groups in total. The minimum atomic E-state index is -4.41. The maximum Gasteiger partial charge on any atom is 0.389 e. The van der Waals surface area contributed by atoms with Crippen molar-refractivity contribution in [1.82, 2.24) is 28.3 Å². The van der Waals surface area contributed by atoms with Crippen LogP contribution in [-0.2, 0) is 20.0 Å². The molecular weight excluding hydrogens is 557 g/mol. The van der Waals surface area contributed by atoms with Gasteiger partial charge in [-0.05, 0) is 50.3 Å². The third kappa shape index (κ3) is 5.52. The fourth-order valence-electron chi connectivity index (χ4n) is 5.19. The van der Waals surface area contributed by atoms with Gasteiger partial charge in [0.1, 0.15) is 5.82 Å². The lowest BCUT2D eigenvalue weighted by Crippen LogP contribution is -2.35. The van der Waals surface area contributed by atoms with Gasteiger partial charge in [-0.15, -0.1) is 10.2 Å². The Kier molecular flexibility index (Phi) is 6.96. The van der Waals surface area contributed by atoms with E-state index in [0.717, 1.165) is 9.54 Å². The molecule has 0 bridgehead atoms. The summed E-state index contributed by atoms with van der Waals surface area (Å²) in [7, 11) is -7.82. The van der Waals surface area contributed by atoms with Crippen molar-refractivity contribution in [3.05, 3.63) is 54.1 Å². The van der Waals surface area contributed by atoms with Gasteiger partial charge in [0.05, 0.1) is 22.4 Å². The molecule has 39 heavy (non-hydrogen) atoms. The van der Waals surface area contributed by atoms with Crippen molar-refractivity contribution in [2.45, 2.75) is 62.6 Å². The van der Waals surface area contributed by atoms with Crippen molar-refractivity contribution in [3.8, 4) is 0 Å². The van der Waals surface area contributed by atoms with Crippen LogP contribution in [0.1, 0.15) is 49.9 Å². The number of hydrogen-bond acceptors (Lipinski definition) is 7. The zero-order valence-electron chi connectivity index (χ0n) is 21.1. The Morgan fingerprint density at radius 2 is 1.77 bits per heavy atom. The van der Waals surface area contributed by atoms with Gasteiger partial charge in [-0.25, -0.2) is 30.5 Å². The van der Waals surface area contributed by atoms with E-state index in [-0.39, 0.29) is 22.4 Å². The van der Waals surface area contributed by atoms with Crippen LogP contribution in [0.3, 0.4) is 0 Å². The number of halogens is 3. The number of nitrogens with zero attached hydrogens (tertiary/aromatic N) is 5.